The van der Waals surface area contributed by atoms with Crippen LogP contribution >= 0.6 is 0 Å². The summed E-state index contributed by atoms with van der Waals surface area (Å²) in [5.74, 6) is 1.16. The van der Waals surface area contributed by atoms with Gasteiger partial charge in [-0.15, -0.1) is 0 Å². The summed E-state index contributed by atoms with van der Waals surface area (Å²) in [5.41, 5.74) is 1.12. The number of nitrogens with zero attached hydrogens (tertiary/aromatic N) is 1. The Morgan fingerprint density at radius 2 is 1.67 bits per heavy atom. The average Bonchev–Trinajstić information content (AvgIpc) is 2.83. The highest BCUT2D eigenvalue weighted by Gasteiger charge is 2.27. The van der Waals surface area contributed by atoms with Crippen molar-refractivity contribution in [3.8, 4) is 11.5 Å². The van der Waals surface area contributed by atoms with Crippen LogP contribution < -0.4 is 14.2 Å². The molecule has 1 heterocycles. The fourth-order valence-electron chi connectivity index (χ4n) is 4.10. The minimum Gasteiger partial charge on any atom is -0.497 e. The van der Waals surface area contributed by atoms with Crippen molar-refractivity contribution in [2.24, 2.45) is 5.92 Å². The summed E-state index contributed by atoms with van der Waals surface area (Å²) in [5, 5.41) is 0. The molecule has 33 heavy (non-hydrogen) atoms. The Hall–Kier alpha value is -2.58. The fourth-order valence-corrected chi connectivity index (χ4v) is 5.37. The number of likely N-dealkylation sites (tertiary alicyclic amines) is 1. The molecule has 7 nitrogen and oxygen atoms in total. The number of sulfonamides is 1. The third kappa shape index (κ3) is 6.26. The average molecular weight is 475 g/mol. The Bertz CT molecular complexity index is 1040. The number of piperidine rings is 1. The maximum Gasteiger partial charge on any atom is 0.257 e. The van der Waals surface area contributed by atoms with Crippen LogP contribution in [-0.4, -0.2) is 46.5 Å². The van der Waals surface area contributed by atoms with E-state index >= 15 is 0 Å². The third-order valence-corrected chi connectivity index (χ3v) is 7.35. The molecule has 1 amide bonds. The van der Waals surface area contributed by atoms with Crippen molar-refractivity contribution in [3.63, 3.8) is 0 Å². The van der Waals surface area contributed by atoms with E-state index in [1.54, 1.807) is 18.1 Å². The number of rotatable bonds is 9. The van der Waals surface area contributed by atoms with Crippen LogP contribution in [0.1, 0.15) is 61.5 Å². The molecule has 0 radical (unpaired) electrons. The van der Waals surface area contributed by atoms with Crippen LogP contribution in [0.5, 0.6) is 11.5 Å². The summed E-state index contributed by atoms with van der Waals surface area (Å²) in [7, 11) is -0.812. The molecule has 1 aliphatic rings. The minimum absolute atomic E-state index is 0.0472. The Balaban J connectivity index is 1.91. The Kier molecular flexibility index (Phi) is 8.37. The number of methoxy groups -OCH3 is 2. The van der Waals surface area contributed by atoms with E-state index in [9.17, 15) is 13.2 Å². The molecule has 0 aliphatic carbocycles. The molecule has 0 spiro atoms. The number of carbonyl (C=O) groups is 1. The van der Waals surface area contributed by atoms with Crippen molar-refractivity contribution in [2.45, 2.75) is 50.5 Å². The largest absolute Gasteiger partial charge is 0.497 e. The summed E-state index contributed by atoms with van der Waals surface area (Å²) < 4.78 is 40.2. The van der Waals surface area contributed by atoms with Gasteiger partial charge in [0.1, 0.15) is 11.5 Å². The molecule has 180 valence electrons. The van der Waals surface area contributed by atoms with Gasteiger partial charge >= 0.3 is 0 Å². The van der Waals surface area contributed by atoms with E-state index in [0.717, 1.165) is 24.8 Å². The highest BCUT2D eigenvalue weighted by molar-refractivity contribution is 7.89. The third-order valence-electron chi connectivity index (χ3n) is 5.88. The van der Waals surface area contributed by atoms with Crippen LogP contribution in [0, 0.1) is 5.92 Å². The van der Waals surface area contributed by atoms with Gasteiger partial charge in [0.25, 0.3) is 5.91 Å². The number of nitrogens with one attached hydrogen (secondary N) is 1. The highest BCUT2D eigenvalue weighted by Crippen LogP contribution is 2.29. The first kappa shape index (κ1) is 25.1. The Labute approximate surface area is 197 Å². The molecule has 1 saturated heterocycles. The van der Waals surface area contributed by atoms with E-state index in [1.165, 1.54) is 19.2 Å². The Morgan fingerprint density at radius 1 is 1.00 bits per heavy atom. The predicted molar refractivity (Wildman–Crippen MR) is 128 cm³/mol. The van der Waals surface area contributed by atoms with Gasteiger partial charge in [-0.3, -0.25) is 4.79 Å². The quantitative estimate of drug-likeness (QED) is 0.582. The van der Waals surface area contributed by atoms with Crippen LogP contribution in [0.3, 0.4) is 0 Å². The first-order valence-electron chi connectivity index (χ1n) is 11.4. The molecular weight excluding hydrogens is 440 g/mol. The van der Waals surface area contributed by atoms with Gasteiger partial charge < -0.3 is 14.4 Å². The normalized spacial score (nSPS) is 15.4. The van der Waals surface area contributed by atoms with E-state index in [4.69, 9.17) is 9.47 Å². The standard InChI is InChI=1S/C25H34N2O5S/c1-18(2)16-23(19-8-10-20(31-3)11-9-19)26-33(29,30)21-12-13-24(32-4)22(17-21)25(28)27-14-6-5-7-15-27/h8-13,17-18,23,26H,5-7,14-16H2,1-4H3/t23-/m1/s1. The van der Waals surface area contributed by atoms with Crippen LogP contribution in [0.15, 0.2) is 47.4 Å². The van der Waals surface area contributed by atoms with Gasteiger partial charge in [-0.25, -0.2) is 13.1 Å². The molecule has 2 aromatic rings. The molecular formula is C25H34N2O5S. The molecule has 1 fully saturated rings. The highest BCUT2D eigenvalue weighted by atomic mass is 32.2. The van der Waals surface area contributed by atoms with Crippen LogP contribution in [0.4, 0.5) is 0 Å². The number of ether oxygens (including phenoxy) is 2. The molecule has 0 bridgehead atoms. The minimum atomic E-state index is -3.89. The van der Waals surface area contributed by atoms with E-state index in [0.29, 0.717) is 31.0 Å². The zero-order valence-electron chi connectivity index (χ0n) is 19.8. The van der Waals surface area contributed by atoms with E-state index < -0.39 is 16.1 Å². The fraction of sp³-hybridized carbons (Fsp3) is 0.480. The first-order valence-corrected chi connectivity index (χ1v) is 12.9. The zero-order valence-corrected chi connectivity index (χ0v) is 20.7. The maximum atomic E-state index is 13.4. The maximum absolute atomic E-state index is 13.4. The molecule has 2 aromatic carbocycles. The van der Waals surface area contributed by atoms with E-state index in [1.807, 2.05) is 38.1 Å². The monoisotopic (exact) mass is 474 g/mol. The van der Waals surface area contributed by atoms with Crippen molar-refractivity contribution in [1.82, 2.24) is 9.62 Å². The number of hydrogen-bond acceptors (Lipinski definition) is 5. The summed E-state index contributed by atoms with van der Waals surface area (Å²) in [6.07, 6.45) is 3.63. The number of carbonyl (C=O) groups excluding carboxylic acids is 1. The lowest BCUT2D eigenvalue weighted by Gasteiger charge is -2.27. The van der Waals surface area contributed by atoms with Crippen molar-refractivity contribution in [3.05, 3.63) is 53.6 Å². The molecule has 0 unspecified atom stereocenters. The van der Waals surface area contributed by atoms with Crippen LogP contribution in [-0.2, 0) is 10.0 Å². The van der Waals surface area contributed by atoms with Gasteiger partial charge in [0.15, 0.2) is 0 Å². The topological polar surface area (TPSA) is 84.9 Å². The predicted octanol–water partition coefficient (Wildman–Crippen LogP) is 4.40. The molecule has 3 rings (SSSR count). The summed E-state index contributed by atoms with van der Waals surface area (Å²) >= 11 is 0. The molecule has 1 N–H and O–H groups in total. The number of benzene rings is 2. The summed E-state index contributed by atoms with van der Waals surface area (Å²) in [6, 6.07) is 11.4. The van der Waals surface area contributed by atoms with E-state index in [2.05, 4.69) is 4.72 Å². The van der Waals surface area contributed by atoms with Crippen molar-refractivity contribution in [2.75, 3.05) is 27.3 Å². The SMILES string of the molecule is COc1ccc([C@@H](CC(C)C)NS(=O)(=O)c2ccc(OC)c(C(=O)N3CCCCC3)c2)cc1. The summed E-state index contributed by atoms with van der Waals surface area (Å²) in [4.78, 5) is 14.9. The van der Waals surface area contributed by atoms with Crippen molar-refractivity contribution < 1.29 is 22.7 Å². The second-order valence-electron chi connectivity index (χ2n) is 8.79. The number of amides is 1. The van der Waals surface area contributed by atoms with E-state index in [-0.39, 0.29) is 22.3 Å². The van der Waals surface area contributed by atoms with Gasteiger partial charge in [0.05, 0.1) is 24.7 Å². The first-order chi connectivity index (χ1) is 15.7. The van der Waals surface area contributed by atoms with Gasteiger partial charge in [0, 0.05) is 19.1 Å². The second kappa shape index (κ2) is 11.0. The van der Waals surface area contributed by atoms with Crippen molar-refractivity contribution >= 4 is 15.9 Å². The lowest BCUT2D eigenvalue weighted by Crippen LogP contribution is -2.36. The van der Waals surface area contributed by atoms with Crippen LogP contribution in [0.25, 0.3) is 0 Å². The second-order valence-corrected chi connectivity index (χ2v) is 10.5. The lowest BCUT2D eigenvalue weighted by molar-refractivity contribution is 0.0720. The van der Waals surface area contributed by atoms with Gasteiger partial charge in [0.2, 0.25) is 10.0 Å². The summed E-state index contributed by atoms with van der Waals surface area (Å²) in [6.45, 7) is 5.44. The van der Waals surface area contributed by atoms with Gasteiger partial charge in [-0.05, 0) is 67.5 Å². The smallest absolute Gasteiger partial charge is 0.257 e. The molecule has 0 aromatic heterocycles. The Morgan fingerprint density at radius 3 is 2.24 bits per heavy atom. The molecule has 0 saturated carbocycles. The van der Waals surface area contributed by atoms with Crippen LogP contribution in [0.2, 0.25) is 0 Å². The van der Waals surface area contributed by atoms with Gasteiger partial charge in [-0.1, -0.05) is 26.0 Å². The molecule has 8 heteroatoms. The number of hydrogen-bond donors (Lipinski definition) is 1. The van der Waals surface area contributed by atoms with Gasteiger partial charge in [-0.2, -0.15) is 0 Å². The molecule has 1 aliphatic heterocycles. The lowest BCUT2D eigenvalue weighted by atomic mass is 9.98. The molecule has 1 atom stereocenters. The zero-order chi connectivity index (χ0) is 24.0. The van der Waals surface area contributed by atoms with Crippen molar-refractivity contribution in [1.29, 1.82) is 0 Å².